The molecule has 4 nitrogen and oxygen atoms in total. The molecular weight excluding hydrogens is 326 g/mol. The van der Waals surface area contributed by atoms with E-state index in [9.17, 15) is 14.7 Å². The van der Waals surface area contributed by atoms with Crippen LogP contribution in [0.15, 0.2) is 48.7 Å². The van der Waals surface area contributed by atoms with E-state index in [4.69, 9.17) is 11.6 Å². The summed E-state index contributed by atoms with van der Waals surface area (Å²) >= 11 is 5.96. The zero-order chi connectivity index (χ0) is 17.3. The van der Waals surface area contributed by atoms with Crippen LogP contribution in [0.5, 0.6) is 0 Å². The summed E-state index contributed by atoms with van der Waals surface area (Å²) in [5, 5.41) is 10.9. The van der Waals surface area contributed by atoms with Crippen LogP contribution in [0.3, 0.4) is 0 Å². The number of halogens is 1. The average molecular weight is 342 g/mol. The van der Waals surface area contributed by atoms with Gasteiger partial charge in [-0.15, -0.1) is 0 Å². The molecule has 0 aliphatic rings. The summed E-state index contributed by atoms with van der Waals surface area (Å²) in [6, 6.07) is 12.4. The van der Waals surface area contributed by atoms with Crippen LogP contribution in [0, 0.1) is 6.92 Å². The molecule has 0 aliphatic heterocycles. The third-order valence-electron chi connectivity index (χ3n) is 4.11. The Morgan fingerprint density at radius 1 is 1.17 bits per heavy atom. The Kier molecular flexibility index (Phi) is 4.40. The Bertz CT molecular complexity index is 912. The topological polar surface area (TPSA) is 70.2 Å². The number of H-pyrrole nitrogens is 1. The van der Waals surface area contributed by atoms with Gasteiger partial charge < -0.3 is 10.1 Å². The Balaban J connectivity index is 1.93. The average Bonchev–Trinajstić information content (AvgIpc) is 2.95. The van der Waals surface area contributed by atoms with Gasteiger partial charge in [0.15, 0.2) is 5.78 Å². The predicted molar refractivity (Wildman–Crippen MR) is 93.8 cm³/mol. The molecule has 0 bridgehead atoms. The van der Waals surface area contributed by atoms with Crippen LogP contribution in [0.4, 0.5) is 0 Å². The molecule has 1 heterocycles. The van der Waals surface area contributed by atoms with E-state index < -0.39 is 11.9 Å². The molecule has 0 aliphatic carbocycles. The van der Waals surface area contributed by atoms with Crippen LogP contribution in [-0.2, 0) is 4.79 Å². The lowest BCUT2D eigenvalue weighted by Gasteiger charge is -2.11. The fourth-order valence-corrected chi connectivity index (χ4v) is 2.95. The number of aryl methyl sites for hydroxylation is 1. The lowest BCUT2D eigenvalue weighted by molar-refractivity contribution is -0.138. The Morgan fingerprint density at radius 3 is 2.54 bits per heavy atom. The van der Waals surface area contributed by atoms with E-state index in [0.717, 1.165) is 16.5 Å². The first-order chi connectivity index (χ1) is 11.5. The lowest BCUT2D eigenvalue weighted by Crippen LogP contribution is -2.16. The van der Waals surface area contributed by atoms with Gasteiger partial charge >= 0.3 is 5.97 Å². The largest absolute Gasteiger partial charge is 0.481 e. The van der Waals surface area contributed by atoms with Gasteiger partial charge in [-0.2, -0.15) is 0 Å². The minimum absolute atomic E-state index is 0.0893. The lowest BCUT2D eigenvalue weighted by atomic mass is 9.91. The van der Waals surface area contributed by atoms with Gasteiger partial charge in [-0.05, 0) is 24.6 Å². The molecule has 122 valence electrons. The Hall–Kier alpha value is -2.59. The maximum atomic E-state index is 12.5. The molecular formula is C19H16ClNO3. The summed E-state index contributed by atoms with van der Waals surface area (Å²) in [7, 11) is 0. The first-order valence-corrected chi connectivity index (χ1v) is 7.92. The standard InChI is InChI=1S/C19H16ClNO3/c1-11-2-4-12(5-3-11)18(22)9-15(19(23)24)16-10-21-17-8-13(20)6-7-14(16)17/h2-8,10,15,21H,9H2,1H3,(H,23,24). The van der Waals surface area contributed by atoms with Crippen molar-refractivity contribution in [1.29, 1.82) is 0 Å². The first-order valence-electron chi connectivity index (χ1n) is 7.55. The normalized spacial score (nSPS) is 12.2. The van der Waals surface area contributed by atoms with Crippen molar-refractivity contribution in [2.75, 3.05) is 0 Å². The molecule has 3 rings (SSSR count). The number of fused-ring (bicyclic) bond motifs is 1. The van der Waals surface area contributed by atoms with Crippen LogP contribution in [-0.4, -0.2) is 21.8 Å². The molecule has 0 spiro atoms. The van der Waals surface area contributed by atoms with E-state index in [0.29, 0.717) is 16.1 Å². The van der Waals surface area contributed by atoms with E-state index in [-0.39, 0.29) is 12.2 Å². The molecule has 5 heteroatoms. The molecule has 0 saturated carbocycles. The molecule has 1 aromatic heterocycles. The van der Waals surface area contributed by atoms with Gasteiger partial charge in [0.1, 0.15) is 0 Å². The monoisotopic (exact) mass is 341 g/mol. The Labute approximate surface area is 144 Å². The van der Waals surface area contributed by atoms with Crippen molar-refractivity contribution in [1.82, 2.24) is 4.98 Å². The van der Waals surface area contributed by atoms with Gasteiger partial charge in [0.2, 0.25) is 0 Å². The van der Waals surface area contributed by atoms with Crippen LogP contribution < -0.4 is 0 Å². The number of carboxylic acid groups (broad SMARTS) is 1. The number of benzene rings is 2. The zero-order valence-corrected chi connectivity index (χ0v) is 13.8. The minimum Gasteiger partial charge on any atom is -0.481 e. The van der Waals surface area contributed by atoms with E-state index in [2.05, 4.69) is 4.98 Å². The number of hydrogen-bond donors (Lipinski definition) is 2. The highest BCUT2D eigenvalue weighted by Crippen LogP contribution is 2.30. The molecule has 1 unspecified atom stereocenters. The number of aliphatic carboxylic acids is 1. The summed E-state index contributed by atoms with van der Waals surface area (Å²) in [5.41, 5.74) is 2.92. The van der Waals surface area contributed by atoms with Crippen LogP contribution in [0.2, 0.25) is 5.02 Å². The SMILES string of the molecule is Cc1ccc(C(=O)CC(C(=O)O)c2c[nH]c3cc(Cl)ccc23)cc1. The van der Waals surface area contributed by atoms with Crippen LogP contribution in [0.25, 0.3) is 10.9 Å². The second kappa shape index (κ2) is 6.49. The number of ketones is 1. The van der Waals surface area contributed by atoms with Gasteiger partial charge in [0.25, 0.3) is 0 Å². The third kappa shape index (κ3) is 3.19. The van der Waals surface area contributed by atoms with E-state index >= 15 is 0 Å². The van der Waals surface area contributed by atoms with Gasteiger partial charge in [-0.3, -0.25) is 9.59 Å². The molecule has 24 heavy (non-hydrogen) atoms. The van der Waals surface area contributed by atoms with Crippen LogP contribution >= 0.6 is 11.6 Å². The molecule has 2 aromatic carbocycles. The summed E-state index contributed by atoms with van der Waals surface area (Å²) < 4.78 is 0. The maximum absolute atomic E-state index is 12.5. The number of hydrogen-bond acceptors (Lipinski definition) is 2. The van der Waals surface area contributed by atoms with E-state index in [1.807, 2.05) is 19.1 Å². The summed E-state index contributed by atoms with van der Waals surface area (Å²) in [5.74, 6) is -2.12. The number of Topliss-reactive ketones (excluding diaryl/α,β-unsaturated/α-hetero) is 1. The quantitative estimate of drug-likeness (QED) is 0.668. The number of aromatic nitrogens is 1. The fourth-order valence-electron chi connectivity index (χ4n) is 2.78. The Morgan fingerprint density at radius 2 is 1.88 bits per heavy atom. The third-order valence-corrected chi connectivity index (χ3v) is 4.35. The highest BCUT2D eigenvalue weighted by molar-refractivity contribution is 6.31. The smallest absolute Gasteiger partial charge is 0.311 e. The highest BCUT2D eigenvalue weighted by atomic mass is 35.5. The van der Waals surface area contributed by atoms with Gasteiger partial charge in [0.05, 0.1) is 5.92 Å². The number of carbonyl (C=O) groups excluding carboxylic acids is 1. The number of carbonyl (C=O) groups is 2. The molecule has 3 aromatic rings. The van der Waals surface area contributed by atoms with Crippen LogP contribution in [0.1, 0.15) is 33.8 Å². The number of aromatic amines is 1. The number of rotatable bonds is 5. The fraction of sp³-hybridized carbons (Fsp3) is 0.158. The molecule has 0 saturated heterocycles. The van der Waals surface area contributed by atoms with Crippen molar-refractivity contribution in [2.24, 2.45) is 0 Å². The molecule has 1 atom stereocenters. The highest BCUT2D eigenvalue weighted by Gasteiger charge is 2.26. The first kappa shape index (κ1) is 16.3. The predicted octanol–water partition coefficient (Wildman–Crippen LogP) is 4.57. The summed E-state index contributed by atoms with van der Waals surface area (Å²) in [6.07, 6.45) is 1.55. The van der Waals surface area contributed by atoms with Crippen molar-refractivity contribution in [2.45, 2.75) is 19.3 Å². The number of nitrogens with one attached hydrogen (secondary N) is 1. The summed E-state index contributed by atoms with van der Waals surface area (Å²) in [4.78, 5) is 27.2. The van der Waals surface area contributed by atoms with Crippen molar-refractivity contribution in [3.63, 3.8) is 0 Å². The van der Waals surface area contributed by atoms with E-state index in [1.54, 1.807) is 36.5 Å². The second-order valence-corrected chi connectivity index (χ2v) is 6.25. The zero-order valence-electron chi connectivity index (χ0n) is 13.0. The molecule has 0 fully saturated rings. The van der Waals surface area contributed by atoms with Gasteiger partial charge in [0, 0.05) is 34.1 Å². The molecule has 0 radical (unpaired) electrons. The molecule has 2 N–H and O–H groups in total. The van der Waals surface area contributed by atoms with Crippen molar-refractivity contribution < 1.29 is 14.7 Å². The number of carboxylic acids is 1. The minimum atomic E-state index is -1.02. The van der Waals surface area contributed by atoms with Crippen molar-refractivity contribution >= 4 is 34.3 Å². The second-order valence-electron chi connectivity index (χ2n) is 5.82. The maximum Gasteiger partial charge on any atom is 0.311 e. The van der Waals surface area contributed by atoms with Gasteiger partial charge in [-0.25, -0.2) is 0 Å². The summed E-state index contributed by atoms with van der Waals surface area (Å²) in [6.45, 7) is 1.94. The van der Waals surface area contributed by atoms with Crippen molar-refractivity contribution in [3.8, 4) is 0 Å². The van der Waals surface area contributed by atoms with Gasteiger partial charge in [-0.1, -0.05) is 47.5 Å². The molecule has 0 amide bonds. The van der Waals surface area contributed by atoms with Crippen molar-refractivity contribution in [3.05, 3.63) is 70.4 Å². The van der Waals surface area contributed by atoms with E-state index in [1.165, 1.54) is 0 Å².